The van der Waals surface area contributed by atoms with E-state index in [9.17, 15) is 27.8 Å². The summed E-state index contributed by atoms with van der Waals surface area (Å²) >= 11 is 0. The van der Waals surface area contributed by atoms with Crippen molar-refractivity contribution >= 4 is 5.82 Å². The summed E-state index contributed by atoms with van der Waals surface area (Å²) in [6, 6.07) is 4.45. The number of phenols is 1. The summed E-state index contributed by atoms with van der Waals surface area (Å²) in [5, 5.41) is 29.9. The van der Waals surface area contributed by atoms with Crippen molar-refractivity contribution in [2.45, 2.75) is 38.7 Å². The number of aromatic hydroxyl groups is 1. The predicted octanol–water partition coefficient (Wildman–Crippen LogP) is 3.70. The summed E-state index contributed by atoms with van der Waals surface area (Å²) in [5.74, 6) is -0.331. The molecule has 0 saturated carbocycles. The molecule has 0 radical (unpaired) electrons. The van der Waals surface area contributed by atoms with Crippen LogP contribution in [0, 0.1) is 6.92 Å². The van der Waals surface area contributed by atoms with Gasteiger partial charge in [-0.25, -0.2) is 4.39 Å². The maximum absolute atomic E-state index is 13.7. The van der Waals surface area contributed by atoms with Gasteiger partial charge in [0, 0.05) is 5.56 Å². The molecule has 0 amide bonds. The van der Waals surface area contributed by atoms with Crippen LogP contribution in [0.4, 0.5) is 23.4 Å². The molecule has 5 nitrogen and oxygen atoms in total. The largest absolute Gasteiger partial charge is 0.507 e. The zero-order chi connectivity index (χ0) is 19.7. The third-order valence-electron chi connectivity index (χ3n) is 3.79. The Morgan fingerprint density at radius 1 is 1.15 bits per heavy atom. The average Bonchev–Trinajstić information content (AvgIpc) is 2.51. The topological polar surface area (TPSA) is 78.3 Å². The van der Waals surface area contributed by atoms with Gasteiger partial charge in [0.15, 0.2) is 0 Å². The Kier molecular flexibility index (Phi) is 5.41. The Morgan fingerprint density at radius 3 is 2.27 bits per heavy atom. The van der Waals surface area contributed by atoms with E-state index in [1.54, 1.807) is 0 Å². The van der Waals surface area contributed by atoms with Crippen LogP contribution in [0.5, 0.6) is 5.75 Å². The third kappa shape index (κ3) is 4.60. The van der Waals surface area contributed by atoms with E-state index in [4.69, 9.17) is 0 Å². The zero-order valence-corrected chi connectivity index (χ0v) is 14.4. The van der Waals surface area contributed by atoms with E-state index in [-0.39, 0.29) is 29.2 Å². The van der Waals surface area contributed by atoms with Crippen molar-refractivity contribution in [3.8, 4) is 17.0 Å². The normalized spacial score (nSPS) is 13.5. The molecule has 0 fully saturated rings. The van der Waals surface area contributed by atoms with Crippen LogP contribution in [0.15, 0.2) is 24.3 Å². The van der Waals surface area contributed by atoms with E-state index in [1.807, 2.05) is 0 Å². The average molecular weight is 373 g/mol. The second kappa shape index (κ2) is 7.06. The molecule has 0 aliphatic rings. The maximum atomic E-state index is 13.7. The van der Waals surface area contributed by atoms with Crippen LogP contribution in [-0.2, 0) is 6.18 Å². The van der Waals surface area contributed by atoms with Gasteiger partial charge >= 0.3 is 6.18 Å². The Morgan fingerprint density at radius 2 is 1.81 bits per heavy atom. The van der Waals surface area contributed by atoms with Crippen molar-refractivity contribution in [1.29, 1.82) is 0 Å². The number of aromatic nitrogens is 2. The highest BCUT2D eigenvalue weighted by molar-refractivity contribution is 5.71. The second-order valence-electron chi connectivity index (χ2n) is 6.49. The Labute approximate surface area is 147 Å². The number of hydrogen-bond acceptors (Lipinski definition) is 5. The molecule has 26 heavy (non-hydrogen) atoms. The molecule has 0 bridgehead atoms. The number of nitrogens with one attached hydrogen (secondary N) is 1. The van der Waals surface area contributed by atoms with E-state index in [2.05, 4.69) is 15.5 Å². The molecule has 1 aromatic heterocycles. The van der Waals surface area contributed by atoms with Crippen LogP contribution >= 0.6 is 0 Å². The van der Waals surface area contributed by atoms with Crippen molar-refractivity contribution in [3.05, 3.63) is 35.4 Å². The van der Waals surface area contributed by atoms with Gasteiger partial charge in [-0.15, -0.1) is 10.2 Å². The van der Waals surface area contributed by atoms with E-state index >= 15 is 0 Å². The van der Waals surface area contributed by atoms with Crippen LogP contribution in [0.2, 0.25) is 0 Å². The van der Waals surface area contributed by atoms with Gasteiger partial charge in [-0.1, -0.05) is 0 Å². The SMILES string of the molecule is Cc1cc(C(F)(F)F)cc(O)c1-c1ccc(NC[C@H](F)C(C)(C)O)nn1. The molecule has 0 unspecified atom stereocenters. The van der Waals surface area contributed by atoms with Crippen LogP contribution in [0.25, 0.3) is 11.3 Å². The summed E-state index contributed by atoms with van der Waals surface area (Å²) in [6.07, 6.45) is -6.10. The van der Waals surface area contributed by atoms with E-state index < -0.39 is 29.3 Å². The number of alkyl halides is 4. The maximum Gasteiger partial charge on any atom is 0.416 e. The van der Waals surface area contributed by atoms with Crippen LogP contribution in [-0.4, -0.2) is 38.7 Å². The lowest BCUT2D eigenvalue weighted by Gasteiger charge is -2.22. The molecule has 1 aromatic carbocycles. The fourth-order valence-corrected chi connectivity index (χ4v) is 2.27. The summed E-state index contributed by atoms with van der Waals surface area (Å²) in [5.41, 5.74) is -1.96. The standard InChI is InChI=1S/C17H19F4N3O2/c1-9-6-10(17(19,20)21)7-12(25)15(9)11-4-5-14(24-23-11)22-8-13(18)16(2,3)26/h4-7,13,25-26H,8H2,1-3H3,(H,22,24)/t13-/m0/s1. The molecule has 1 atom stereocenters. The second-order valence-corrected chi connectivity index (χ2v) is 6.49. The number of halogens is 4. The summed E-state index contributed by atoms with van der Waals surface area (Å²) in [6.45, 7) is 3.91. The molecule has 2 aromatic rings. The number of aryl methyl sites for hydroxylation is 1. The Bertz CT molecular complexity index is 748. The fourth-order valence-electron chi connectivity index (χ4n) is 2.27. The Hall–Kier alpha value is -2.42. The first kappa shape index (κ1) is 19.9. The van der Waals surface area contributed by atoms with Crippen LogP contribution in [0.3, 0.4) is 0 Å². The lowest BCUT2D eigenvalue weighted by Crippen LogP contribution is -2.37. The first-order chi connectivity index (χ1) is 11.9. The van der Waals surface area contributed by atoms with E-state index in [1.165, 1.54) is 32.9 Å². The number of anilines is 1. The minimum atomic E-state index is -4.57. The summed E-state index contributed by atoms with van der Waals surface area (Å²) < 4.78 is 52.0. The zero-order valence-electron chi connectivity index (χ0n) is 14.4. The van der Waals surface area contributed by atoms with Gasteiger partial charge in [-0.2, -0.15) is 13.2 Å². The molecule has 0 saturated heterocycles. The van der Waals surface area contributed by atoms with Gasteiger partial charge < -0.3 is 15.5 Å². The highest BCUT2D eigenvalue weighted by Gasteiger charge is 2.32. The number of rotatable bonds is 5. The van der Waals surface area contributed by atoms with Gasteiger partial charge in [-0.3, -0.25) is 0 Å². The van der Waals surface area contributed by atoms with E-state index in [0.717, 1.165) is 6.07 Å². The van der Waals surface area contributed by atoms with Gasteiger partial charge in [0.25, 0.3) is 0 Å². The monoisotopic (exact) mass is 373 g/mol. The first-order valence-corrected chi connectivity index (χ1v) is 7.75. The molecular formula is C17H19F4N3O2. The summed E-state index contributed by atoms with van der Waals surface area (Å²) in [4.78, 5) is 0. The molecule has 0 aliphatic carbocycles. The summed E-state index contributed by atoms with van der Waals surface area (Å²) in [7, 11) is 0. The molecule has 1 heterocycles. The lowest BCUT2D eigenvalue weighted by molar-refractivity contribution is -0.137. The number of phenolic OH excluding ortho intramolecular Hbond substituents is 1. The number of benzene rings is 1. The van der Waals surface area contributed by atoms with Crippen molar-refractivity contribution in [1.82, 2.24) is 10.2 Å². The number of hydrogen-bond donors (Lipinski definition) is 3. The van der Waals surface area contributed by atoms with Gasteiger partial charge in [0.05, 0.1) is 23.4 Å². The molecule has 0 aliphatic heterocycles. The molecule has 0 spiro atoms. The molecule has 9 heteroatoms. The van der Waals surface area contributed by atoms with Crippen LogP contribution in [0.1, 0.15) is 25.0 Å². The van der Waals surface area contributed by atoms with Crippen molar-refractivity contribution < 1.29 is 27.8 Å². The molecule has 2 rings (SSSR count). The fraction of sp³-hybridized carbons (Fsp3) is 0.412. The molecule has 3 N–H and O–H groups in total. The van der Waals surface area contributed by atoms with Gasteiger partial charge in [0.2, 0.25) is 0 Å². The van der Waals surface area contributed by atoms with Crippen molar-refractivity contribution in [2.75, 3.05) is 11.9 Å². The highest BCUT2D eigenvalue weighted by atomic mass is 19.4. The Balaban J connectivity index is 2.21. The number of nitrogens with zero attached hydrogens (tertiary/aromatic N) is 2. The molecule has 142 valence electrons. The first-order valence-electron chi connectivity index (χ1n) is 7.75. The smallest absolute Gasteiger partial charge is 0.416 e. The predicted molar refractivity (Wildman–Crippen MR) is 88.6 cm³/mol. The lowest BCUT2D eigenvalue weighted by atomic mass is 10.0. The minimum Gasteiger partial charge on any atom is -0.507 e. The van der Waals surface area contributed by atoms with Crippen molar-refractivity contribution in [3.63, 3.8) is 0 Å². The van der Waals surface area contributed by atoms with Gasteiger partial charge in [0.1, 0.15) is 17.7 Å². The van der Waals surface area contributed by atoms with Crippen LogP contribution < -0.4 is 5.32 Å². The minimum absolute atomic E-state index is 0.136. The van der Waals surface area contributed by atoms with Crippen molar-refractivity contribution in [2.24, 2.45) is 0 Å². The highest BCUT2D eigenvalue weighted by Crippen LogP contribution is 2.38. The third-order valence-corrected chi connectivity index (χ3v) is 3.79. The number of aliphatic hydroxyl groups is 1. The quantitative estimate of drug-likeness (QED) is 0.697. The molecular weight excluding hydrogens is 354 g/mol. The van der Waals surface area contributed by atoms with Gasteiger partial charge in [-0.05, 0) is 50.6 Å². The van der Waals surface area contributed by atoms with E-state index in [0.29, 0.717) is 6.07 Å².